The highest BCUT2D eigenvalue weighted by molar-refractivity contribution is 5.53. The molecule has 0 saturated carbocycles. The topological polar surface area (TPSA) is 54.2 Å². The van der Waals surface area contributed by atoms with E-state index in [1.54, 1.807) is 6.20 Å². The van der Waals surface area contributed by atoms with Crippen LogP contribution in [0.5, 0.6) is 0 Å². The Hall–Kier alpha value is -1.72. The first kappa shape index (κ1) is 15.2. The lowest BCUT2D eigenvalue weighted by Gasteiger charge is -2.34. The third kappa shape index (κ3) is 3.54. The molecule has 1 N–H and O–H groups in total. The molecular weight excluding hydrogens is 276 g/mol. The van der Waals surface area contributed by atoms with Gasteiger partial charge in [-0.1, -0.05) is 6.42 Å². The van der Waals surface area contributed by atoms with Gasteiger partial charge < -0.3 is 9.67 Å². The van der Waals surface area contributed by atoms with Gasteiger partial charge in [0.15, 0.2) is 0 Å². The molecule has 3 rings (SSSR count). The average Bonchev–Trinajstić information content (AvgIpc) is 3.04. The van der Waals surface area contributed by atoms with Crippen molar-refractivity contribution in [2.75, 3.05) is 19.7 Å². The van der Waals surface area contributed by atoms with Crippen LogP contribution in [0.25, 0.3) is 11.4 Å². The van der Waals surface area contributed by atoms with Crippen molar-refractivity contribution in [3.63, 3.8) is 0 Å². The van der Waals surface area contributed by atoms with E-state index in [2.05, 4.69) is 19.4 Å². The number of aromatic nitrogens is 3. The number of aliphatic hydroxyl groups is 1. The number of aryl methyl sites for hydroxylation is 1. The molecule has 5 nitrogen and oxygen atoms in total. The maximum absolute atomic E-state index is 9.47. The summed E-state index contributed by atoms with van der Waals surface area (Å²) in [5.74, 6) is 0.977. The molecule has 1 atom stereocenters. The molecule has 0 aromatic carbocycles. The van der Waals surface area contributed by atoms with Crippen molar-refractivity contribution in [2.45, 2.75) is 38.3 Å². The molecule has 1 fully saturated rings. The number of rotatable bonds is 6. The fourth-order valence-electron chi connectivity index (χ4n) is 3.25. The molecule has 0 radical (unpaired) electrons. The van der Waals surface area contributed by atoms with Crippen LogP contribution in [0.1, 0.15) is 25.7 Å². The highest BCUT2D eigenvalue weighted by Gasteiger charge is 2.20. The zero-order chi connectivity index (χ0) is 15.2. The third-order valence-electron chi connectivity index (χ3n) is 4.44. The van der Waals surface area contributed by atoms with Gasteiger partial charge in [-0.3, -0.25) is 9.88 Å². The minimum Gasteiger partial charge on any atom is -0.395 e. The van der Waals surface area contributed by atoms with Crippen LogP contribution in [0, 0.1) is 0 Å². The quantitative estimate of drug-likeness (QED) is 0.888. The molecule has 3 heterocycles. The minimum atomic E-state index is 0.284. The Morgan fingerprint density at radius 2 is 2.18 bits per heavy atom. The molecular formula is C17H24N4O. The monoisotopic (exact) mass is 300 g/mol. The first-order chi connectivity index (χ1) is 10.9. The Morgan fingerprint density at radius 3 is 3.00 bits per heavy atom. The summed E-state index contributed by atoms with van der Waals surface area (Å²) in [5.41, 5.74) is 1.05. The van der Waals surface area contributed by atoms with Crippen LogP contribution in [0.15, 0.2) is 36.9 Å². The summed E-state index contributed by atoms with van der Waals surface area (Å²) in [6, 6.07) is 4.33. The minimum absolute atomic E-state index is 0.284. The third-order valence-corrected chi connectivity index (χ3v) is 4.44. The van der Waals surface area contributed by atoms with E-state index in [4.69, 9.17) is 0 Å². The molecule has 1 aliphatic rings. The van der Waals surface area contributed by atoms with Crippen molar-refractivity contribution in [2.24, 2.45) is 0 Å². The Morgan fingerprint density at radius 1 is 1.23 bits per heavy atom. The van der Waals surface area contributed by atoms with E-state index in [0.29, 0.717) is 6.04 Å². The molecule has 1 aliphatic heterocycles. The van der Waals surface area contributed by atoms with Gasteiger partial charge >= 0.3 is 0 Å². The number of piperidine rings is 1. The standard InChI is InChI=1S/C17H24N4O/c22-14-16-6-1-2-9-20(16)10-4-11-21-12-8-19-17(21)15-5-3-7-18-13-15/h3,5,7-8,12-13,16,22H,1-2,4,6,9-11,14H2/t16-/m1/s1. The molecule has 5 heteroatoms. The Balaban J connectivity index is 1.57. The first-order valence-corrected chi connectivity index (χ1v) is 8.15. The summed E-state index contributed by atoms with van der Waals surface area (Å²) < 4.78 is 2.19. The van der Waals surface area contributed by atoms with Crippen molar-refractivity contribution in [1.29, 1.82) is 0 Å². The van der Waals surface area contributed by atoms with Crippen LogP contribution in [-0.2, 0) is 6.54 Å². The van der Waals surface area contributed by atoms with Crippen LogP contribution in [0.2, 0.25) is 0 Å². The van der Waals surface area contributed by atoms with E-state index < -0.39 is 0 Å². The number of pyridine rings is 1. The van der Waals surface area contributed by atoms with Crippen LogP contribution in [-0.4, -0.2) is 50.3 Å². The summed E-state index contributed by atoms with van der Waals surface area (Å²) >= 11 is 0. The Labute approximate surface area is 131 Å². The molecule has 22 heavy (non-hydrogen) atoms. The van der Waals surface area contributed by atoms with Crippen LogP contribution in [0.4, 0.5) is 0 Å². The highest BCUT2D eigenvalue weighted by Crippen LogP contribution is 2.18. The predicted molar refractivity (Wildman–Crippen MR) is 86.4 cm³/mol. The van der Waals surface area contributed by atoms with Gasteiger partial charge in [0.2, 0.25) is 0 Å². The Kier molecular flexibility index (Phi) is 5.19. The SMILES string of the molecule is OC[C@H]1CCCCN1CCCn1ccnc1-c1cccnc1. The van der Waals surface area contributed by atoms with Gasteiger partial charge in [0.05, 0.1) is 6.61 Å². The van der Waals surface area contributed by atoms with Crippen molar-refractivity contribution < 1.29 is 5.11 Å². The van der Waals surface area contributed by atoms with Gasteiger partial charge in [0, 0.05) is 49.5 Å². The van der Waals surface area contributed by atoms with Crippen molar-refractivity contribution in [3.05, 3.63) is 36.9 Å². The zero-order valence-corrected chi connectivity index (χ0v) is 12.9. The maximum Gasteiger partial charge on any atom is 0.141 e. The number of imidazole rings is 1. The van der Waals surface area contributed by atoms with Crippen LogP contribution in [0.3, 0.4) is 0 Å². The lowest BCUT2D eigenvalue weighted by Crippen LogP contribution is -2.42. The van der Waals surface area contributed by atoms with Crippen LogP contribution >= 0.6 is 0 Å². The van der Waals surface area contributed by atoms with E-state index in [1.807, 2.05) is 30.7 Å². The molecule has 0 aliphatic carbocycles. The van der Waals surface area contributed by atoms with Gasteiger partial charge in [-0.15, -0.1) is 0 Å². The maximum atomic E-state index is 9.47. The predicted octanol–water partition coefficient (Wildman–Crippen LogP) is 2.18. The number of aliphatic hydroxyl groups excluding tert-OH is 1. The molecule has 2 aromatic rings. The van der Waals surface area contributed by atoms with Crippen LogP contribution < -0.4 is 0 Å². The number of nitrogens with zero attached hydrogens (tertiary/aromatic N) is 4. The van der Waals surface area contributed by atoms with Gasteiger partial charge in [-0.2, -0.15) is 0 Å². The first-order valence-electron chi connectivity index (χ1n) is 8.15. The molecule has 0 amide bonds. The summed E-state index contributed by atoms with van der Waals surface area (Å²) in [6.07, 6.45) is 12.2. The molecule has 2 aromatic heterocycles. The summed E-state index contributed by atoms with van der Waals surface area (Å²) in [5, 5.41) is 9.47. The van der Waals surface area contributed by atoms with Crippen molar-refractivity contribution >= 4 is 0 Å². The smallest absolute Gasteiger partial charge is 0.141 e. The van der Waals surface area contributed by atoms with Crippen molar-refractivity contribution in [3.8, 4) is 11.4 Å². The average molecular weight is 300 g/mol. The fourth-order valence-corrected chi connectivity index (χ4v) is 3.25. The largest absolute Gasteiger partial charge is 0.395 e. The van der Waals surface area contributed by atoms with Crippen molar-refractivity contribution in [1.82, 2.24) is 19.4 Å². The Bertz CT molecular complexity index is 569. The molecule has 1 saturated heterocycles. The number of hydrogen-bond acceptors (Lipinski definition) is 4. The van der Waals surface area contributed by atoms with E-state index >= 15 is 0 Å². The van der Waals surface area contributed by atoms with E-state index in [-0.39, 0.29) is 6.61 Å². The normalized spacial score (nSPS) is 19.4. The fraction of sp³-hybridized carbons (Fsp3) is 0.529. The summed E-state index contributed by atoms with van der Waals surface area (Å²) in [4.78, 5) is 11.1. The summed E-state index contributed by atoms with van der Waals surface area (Å²) in [7, 11) is 0. The van der Waals surface area contributed by atoms with Gasteiger partial charge in [0.25, 0.3) is 0 Å². The molecule has 0 bridgehead atoms. The number of hydrogen-bond donors (Lipinski definition) is 1. The zero-order valence-electron chi connectivity index (χ0n) is 12.9. The lowest BCUT2D eigenvalue weighted by atomic mass is 10.0. The molecule has 118 valence electrons. The van der Waals surface area contributed by atoms with Gasteiger partial charge in [-0.05, 0) is 37.9 Å². The second-order valence-corrected chi connectivity index (χ2v) is 5.91. The number of likely N-dealkylation sites (tertiary alicyclic amines) is 1. The van der Waals surface area contributed by atoms with E-state index in [0.717, 1.165) is 43.9 Å². The van der Waals surface area contributed by atoms with E-state index in [9.17, 15) is 5.11 Å². The molecule has 0 unspecified atom stereocenters. The second-order valence-electron chi connectivity index (χ2n) is 5.91. The van der Waals surface area contributed by atoms with Gasteiger partial charge in [0.1, 0.15) is 5.82 Å². The summed E-state index contributed by atoms with van der Waals surface area (Å²) in [6.45, 7) is 3.38. The lowest BCUT2D eigenvalue weighted by molar-refractivity contribution is 0.0882. The molecule has 0 spiro atoms. The highest BCUT2D eigenvalue weighted by atomic mass is 16.3. The second kappa shape index (κ2) is 7.51. The van der Waals surface area contributed by atoms with Gasteiger partial charge in [-0.25, -0.2) is 4.98 Å². The van der Waals surface area contributed by atoms with E-state index in [1.165, 1.54) is 12.8 Å².